The molecule has 0 amide bonds. The Bertz CT molecular complexity index is 577. The SMILES string of the molecule is CCN1CCc2[nH]nc(-c3ccccc3OC)c2C1. The van der Waals surface area contributed by atoms with Gasteiger partial charge in [-0.25, -0.2) is 0 Å². The number of para-hydroxylation sites is 1. The van der Waals surface area contributed by atoms with Crippen LogP contribution >= 0.6 is 0 Å². The lowest BCUT2D eigenvalue weighted by Gasteiger charge is -2.25. The van der Waals surface area contributed by atoms with E-state index in [1.807, 2.05) is 18.2 Å². The van der Waals surface area contributed by atoms with Gasteiger partial charge in [-0.15, -0.1) is 0 Å². The number of fused-ring (bicyclic) bond motifs is 1. The van der Waals surface area contributed by atoms with Crippen LogP contribution in [0.5, 0.6) is 5.75 Å². The first kappa shape index (κ1) is 12.2. The molecule has 3 rings (SSSR count). The molecule has 2 heterocycles. The van der Waals surface area contributed by atoms with E-state index in [2.05, 4.69) is 28.1 Å². The summed E-state index contributed by atoms with van der Waals surface area (Å²) in [7, 11) is 1.70. The van der Waals surface area contributed by atoms with Crippen molar-refractivity contribution in [2.24, 2.45) is 0 Å². The molecule has 1 aliphatic rings. The Morgan fingerprint density at radius 2 is 2.21 bits per heavy atom. The van der Waals surface area contributed by atoms with Gasteiger partial charge in [0.15, 0.2) is 0 Å². The highest BCUT2D eigenvalue weighted by molar-refractivity contribution is 5.70. The largest absolute Gasteiger partial charge is 0.496 e. The third-order valence-corrected chi connectivity index (χ3v) is 3.82. The number of aromatic nitrogens is 2. The lowest BCUT2D eigenvalue weighted by molar-refractivity contribution is 0.267. The van der Waals surface area contributed by atoms with Crippen LogP contribution in [0.2, 0.25) is 0 Å². The molecule has 0 unspecified atom stereocenters. The van der Waals surface area contributed by atoms with Gasteiger partial charge in [-0.2, -0.15) is 5.10 Å². The van der Waals surface area contributed by atoms with Crippen LogP contribution in [0, 0.1) is 0 Å². The highest BCUT2D eigenvalue weighted by Crippen LogP contribution is 2.33. The molecular formula is C15H19N3O. The zero-order valence-electron chi connectivity index (χ0n) is 11.4. The Morgan fingerprint density at radius 1 is 1.37 bits per heavy atom. The summed E-state index contributed by atoms with van der Waals surface area (Å²) in [6.07, 6.45) is 1.05. The van der Waals surface area contributed by atoms with Crippen molar-refractivity contribution in [2.45, 2.75) is 19.9 Å². The van der Waals surface area contributed by atoms with Gasteiger partial charge in [0.1, 0.15) is 11.4 Å². The van der Waals surface area contributed by atoms with E-state index in [1.54, 1.807) is 7.11 Å². The zero-order valence-corrected chi connectivity index (χ0v) is 11.4. The minimum absolute atomic E-state index is 0.880. The first-order valence-corrected chi connectivity index (χ1v) is 6.75. The molecule has 0 spiro atoms. The number of hydrogen-bond acceptors (Lipinski definition) is 3. The van der Waals surface area contributed by atoms with Crippen molar-refractivity contribution in [1.29, 1.82) is 0 Å². The second-order valence-corrected chi connectivity index (χ2v) is 4.85. The molecule has 0 atom stereocenters. The number of ether oxygens (including phenoxy) is 1. The van der Waals surface area contributed by atoms with E-state index >= 15 is 0 Å². The average molecular weight is 257 g/mol. The molecule has 1 N–H and O–H groups in total. The second-order valence-electron chi connectivity index (χ2n) is 4.85. The molecule has 0 bridgehead atoms. The van der Waals surface area contributed by atoms with Crippen molar-refractivity contribution in [2.75, 3.05) is 20.2 Å². The maximum absolute atomic E-state index is 5.45. The molecule has 1 aliphatic heterocycles. The molecule has 2 aromatic rings. The maximum atomic E-state index is 5.45. The van der Waals surface area contributed by atoms with Crippen molar-refractivity contribution in [3.8, 4) is 17.0 Å². The molecule has 1 aromatic heterocycles. The van der Waals surface area contributed by atoms with Gasteiger partial charge in [0.25, 0.3) is 0 Å². The number of methoxy groups -OCH3 is 1. The van der Waals surface area contributed by atoms with Crippen LogP contribution in [0.15, 0.2) is 24.3 Å². The lowest BCUT2D eigenvalue weighted by atomic mass is 10.0. The number of aromatic amines is 1. The van der Waals surface area contributed by atoms with E-state index in [4.69, 9.17) is 4.74 Å². The number of nitrogens with zero attached hydrogens (tertiary/aromatic N) is 2. The van der Waals surface area contributed by atoms with Gasteiger partial charge in [0.2, 0.25) is 0 Å². The van der Waals surface area contributed by atoms with E-state index in [0.29, 0.717) is 0 Å². The molecule has 4 nitrogen and oxygen atoms in total. The van der Waals surface area contributed by atoms with Crippen LogP contribution in [-0.4, -0.2) is 35.3 Å². The van der Waals surface area contributed by atoms with E-state index in [9.17, 15) is 0 Å². The normalized spacial score (nSPS) is 15.3. The molecule has 0 radical (unpaired) electrons. The van der Waals surface area contributed by atoms with Crippen LogP contribution in [0.3, 0.4) is 0 Å². The van der Waals surface area contributed by atoms with E-state index < -0.39 is 0 Å². The number of rotatable bonds is 3. The third-order valence-electron chi connectivity index (χ3n) is 3.82. The van der Waals surface area contributed by atoms with E-state index in [0.717, 1.165) is 43.1 Å². The summed E-state index contributed by atoms with van der Waals surface area (Å²) in [5.74, 6) is 0.880. The first-order chi connectivity index (χ1) is 9.33. The highest BCUT2D eigenvalue weighted by Gasteiger charge is 2.23. The molecular weight excluding hydrogens is 238 g/mol. The van der Waals surface area contributed by atoms with E-state index in [-0.39, 0.29) is 0 Å². The number of H-pyrrole nitrogens is 1. The standard InChI is InChI=1S/C15H19N3O/c1-3-18-9-8-13-12(10-18)15(17-16-13)11-6-4-5-7-14(11)19-2/h4-7H,3,8-10H2,1-2H3,(H,16,17). The quantitative estimate of drug-likeness (QED) is 0.918. The maximum Gasteiger partial charge on any atom is 0.128 e. The minimum Gasteiger partial charge on any atom is -0.496 e. The second kappa shape index (κ2) is 5.05. The van der Waals surface area contributed by atoms with Crippen LogP contribution in [0.25, 0.3) is 11.3 Å². The Kier molecular flexibility index (Phi) is 3.25. The first-order valence-electron chi connectivity index (χ1n) is 6.75. The fourth-order valence-corrected chi connectivity index (χ4v) is 2.68. The molecule has 0 saturated heterocycles. The summed E-state index contributed by atoms with van der Waals surface area (Å²) >= 11 is 0. The van der Waals surface area contributed by atoms with Gasteiger partial charge >= 0.3 is 0 Å². The van der Waals surface area contributed by atoms with E-state index in [1.165, 1.54) is 11.3 Å². The molecule has 1 aromatic carbocycles. The van der Waals surface area contributed by atoms with Crippen LogP contribution < -0.4 is 4.74 Å². The Labute approximate surface area is 113 Å². The topological polar surface area (TPSA) is 41.2 Å². The molecule has 0 saturated carbocycles. The number of likely N-dealkylation sites (N-methyl/N-ethyl adjacent to an activating group) is 1. The highest BCUT2D eigenvalue weighted by atomic mass is 16.5. The van der Waals surface area contributed by atoms with Crippen molar-refractivity contribution in [3.05, 3.63) is 35.5 Å². The predicted molar refractivity (Wildman–Crippen MR) is 75.2 cm³/mol. The number of hydrogen-bond donors (Lipinski definition) is 1. The average Bonchev–Trinajstić information content (AvgIpc) is 2.89. The van der Waals surface area contributed by atoms with Gasteiger partial charge in [-0.05, 0) is 18.7 Å². The fourth-order valence-electron chi connectivity index (χ4n) is 2.68. The minimum atomic E-state index is 0.880. The Hall–Kier alpha value is -1.81. The van der Waals surface area contributed by atoms with Gasteiger partial charge < -0.3 is 4.74 Å². The number of nitrogens with one attached hydrogen (secondary N) is 1. The summed E-state index contributed by atoms with van der Waals surface area (Å²) in [5, 5.41) is 7.70. The van der Waals surface area contributed by atoms with Crippen molar-refractivity contribution in [1.82, 2.24) is 15.1 Å². The van der Waals surface area contributed by atoms with Crippen LogP contribution in [0.1, 0.15) is 18.2 Å². The molecule has 4 heteroatoms. The number of benzene rings is 1. The predicted octanol–water partition coefficient (Wildman–Crippen LogP) is 2.46. The Balaban J connectivity index is 2.05. The van der Waals surface area contributed by atoms with Crippen molar-refractivity contribution < 1.29 is 4.74 Å². The molecule has 0 aliphatic carbocycles. The smallest absolute Gasteiger partial charge is 0.128 e. The van der Waals surface area contributed by atoms with Crippen molar-refractivity contribution >= 4 is 0 Å². The van der Waals surface area contributed by atoms with Gasteiger partial charge in [-0.3, -0.25) is 10.00 Å². The summed E-state index contributed by atoms with van der Waals surface area (Å²) < 4.78 is 5.45. The van der Waals surface area contributed by atoms with Crippen LogP contribution in [-0.2, 0) is 13.0 Å². The molecule has 19 heavy (non-hydrogen) atoms. The third kappa shape index (κ3) is 2.12. The summed E-state index contributed by atoms with van der Waals surface area (Å²) in [4.78, 5) is 2.44. The zero-order chi connectivity index (χ0) is 13.2. The fraction of sp³-hybridized carbons (Fsp3) is 0.400. The Morgan fingerprint density at radius 3 is 3.00 bits per heavy atom. The van der Waals surface area contributed by atoms with Crippen LogP contribution in [0.4, 0.5) is 0 Å². The molecule has 100 valence electrons. The monoisotopic (exact) mass is 257 g/mol. The van der Waals surface area contributed by atoms with Gasteiger partial charge in [-0.1, -0.05) is 19.1 Å². The summed E-state index contributed by atoms with van der Waals surface area (Å²) in [6.45, 7) is 5.36. The summed E-state index contributed by atoms with van der Waals surface area (Å²) in [6, 6.07) is 8.07. The summed E-state index contributed by atoms with van der Waals surface area (Å²) in [5.41, 5.74) is 4.69. The van der Waals surface area contributed by atoms with Gasteiger partial charge in [0, 0.05) is 36.3 Å². The van der Waals surface area contributed by atoms with Gasteiger partial charge in [0.05, 0.1) is 7.11 Å². The lowest BCUT2D eigenvalue weighted by Crippen LogP contribution is -2.30. The molecule has 0 fully saturated rings. The van der Waals surface area contributed by atoms with Crippen molar-refractivity contribution in [3.63, 3.8) is 0 Å².